The zero-order valence-electron chi connectivity index (χ0n) is 9.91. The molecule has 1 heterocycles. The van der Waals surface area contributed by atoms with Gasteiger partial charge in [0.05, 0.1) is 17.2 Å². The van der Waals surface area contributed by atoms with E-state index in [1.54, 1.807) is 6.07 Å². The van der Waals surface area contributed by atoms with Crippen molar-refractivity contribution in [2.45, 2.75) is 6.18 Å². The molecule has 7 heteroatoms. The van der Waals surface area contributed by atoms with Crippen LogP contribution in [0.2, 0.25) is 0 Å². The average molecular weight is 288 g/mol. The molecular formula is C12H11F3N2OS. The van der Waals surface area contributed by atoms with Gasteiger partial charge in [-0.2, -0.15) is 18.4 Å². The van der Waals surface area contributed by atoms with Gasteiger partial charge in [0.1, 0.15) is 0 Å². The smallest absolute Gasteiger partial charge is 0.370 e. The van der Waals surface area contributed by atoms with Gasteiger partial charge in [0, 0.05) is 41.1 Å². The van der Waals surface area contributed by atoms with Gasteiger partial charge < -0.3 is 4.90 Å². The SMILES string of the molecule is N#Cc1cc(N2CCS(=O)CC2)ccc1C(F)(F)F. The van der Waals surface area contributed by atoms with Crippen LogP contribution in [-0.2, 0) is 17.0 Å². The molecule has 2 rings (SSSR count). The second kappa shape index (κ2) is 5.21. The molecule has 102 valence electrons. The lowest BCUT2D eigenvalue weighted by molar-refractivity contribution is -0.137. The summed E-state index contributed by atoms with van der Waals surface area (Å²) >= 11 is 0. The number of hydrogen-bond donors (Lipinski definition) is 0. The normalized spacial score (nSPS) is 17.3. The standard InChI is InChI=1S/C12H11F3N2OS/c13-12(14,15)11-2-1-10(7-9(11)8-16)17-3-5-19(18)6-4-17/h1-2,7H,3-6H2. The number of benzene rings is 1. The van der Waals surface area contributed by atoms with Crippen LogP contribution in [0.3, 0.4) is 0 Å². The third-order valence-corrected chi connectivity index (χ3v) is 4.25. The van der Waals surface area contributed by atoms with E-state index in [1.807, 2.05) is 4.90 Å². The summed E-state index contributed by atoms with van der Waals surface area (Å²) in [5, 5.41) is 8.83. The van der Waals surface area contributed by atoms with E-state index in [2.05, 4.69) is 0 Å². The molecule has 3 nitrogen and oxygen atoms in total. The first-order valence-corrected chi connectivity index (χ1v) is 7.12. The minimum absolute atomic E-state index is 0.378. The van der Waals surface area contributed by atoms with Gasteiger partial charge in [0.2, 0.25) is 0 Å². The Morgan fingerprint density at radius 2 is 1.89 bits per heavy atom. The molecule has 1 aromatic rings. The molecule has 1 saturated heterocycles. The second-order valence-corrected chi connectivity index (χ2v) is 5.87. The lowest BCUT2D eigenvalue weighted by Crippen LogP contribution is -2.37. The fourth-order valence-electron chi connectivity index (χ4n) is 1.96. The molecule has 0 aromatic heterocycles. The summed E-state index contributed by atoms with van der Waals surface area (Å²) in [7, 11) is -0.847. The quantitative estimate of drug-likeness (QED) is 0.795. The third-order valence-electron chi connectivity index (χ3n) is 2.97. The van der Waals surface area contributed by atoms with Crippen molar-refractivity contribution in [3.63, 3.8) is 0 Å². The van der Waals surface area contributed by atoms with E-state index in [4.69, 9.17) is 5.26 Å². The van der Waals surface area contributed by atoms with Gasteiger partial charge in [-0.05, 0) is 18.2 Å². The molecule has 0 N–H and O–H groups in total. The molecule has 0 bridgehead atoms. The number of nitrogens with zero attached hydrogens (tertiary/aromatic N) is 2. The number of anilines is 1. The molecule has 0 saturated carbocycles. The highest BCUT2D eigenvalue weighted by Crippen LogP contribution is 2.33. The number of alkyl halides is 3. The Morgan fingerprint density at radius 3 is 2.42 bits per heavy atom. The largest absolute Gasteiger partial charge is 0.417 e. The fraction of sp³-hybridized carbons (Fsp3) is 0.417. The first-order valence-electron chi connectivity index (χ1n) is 5.63. The van der Waals surface area contributed by atoms with Crippen molar-refractivity contribution in [3.8, 4) is 6.07 Å². The number of nitriles is 1. The summed E-state index contributed by atoms with van der Waals surface area (Å²) in [4.78, 5) is 1.85. The number of halogens is 3. The van der Waals surface area contributed by atoms with Crippen molar-refractivity contribution in [1.82, 2.24) is 0 Å². The van der Waals surface area contributed by atoms with Gasteiger partial charge in [-0.3, -0.25) is 4.21 Å². The van der Waals surface area contributed by atoms with Gasteiger partial charge in [-0.25, -0.2) is 0 Å². The Kier molecular flexibility index (Phi) is 3.80. The molecule has 0 spiro atoms. The van der Waals surface area contributed by atoms with Gasteiger partial charge in [0.25, 0.3) is 0 Å². The summed E-state index contributed by atoms with van der Waals surface area (Å²) in [6.45, 7) is 1.06. The van der Waals surface area contributed by atoms with E-state index in [0.29, 0.717) is 30.3 Å². The molecule has 1 aromatic carbocycles. The minimum atomic E-state index is -4.52. The van der Waals surface area contributed by atoms with Crippen molar-refractivity contribution >= 4 is 16.5 Å². The van der Waals surface area contributed by atoms with Crippen LogP contribution in [0.25, 0.3) is 0 Å². The van der Waals surface area contributed by atoms with Crippen molar-refractivity contribution in [1.29, 1.82) is 5.26 Å². The molecule has 1 fully saturated rings. The highest BCUT2D eigenvalue weighted by molar-refractivity contribution is 7.85. The Hall–Kier alpha value is -1.55. The summed E-state index contributed by atoms with van der Waals surface area (Å²) in [6, 6.07) is 5.12. The maximum Gasteiger partial charge on any atom is 0.417 e. The lowest BCUT2D eigenvalue weighted by atomic mass is 10.1. The van der Waals surface area contributed by atoms with Crippen LogP contribution in [0.4, 0.5) is 18.9 Å². The van der Waals surface area contributed by atoms with Crippen LogP contribution < -0.4 is 4.90 Å². The third kappa shape index (κ3) is 3.07. The van der Waals surface area contributed by atoms with E-state index >= 15 is 0 Å². The average Bonchev–Trinajstić information content (AvgIpc) is 2.38. The summed E-state index contributed by atoms with van der Waals surface area (Å²) < 4.78 is 49.2. The molecule has 1 aliphatic rings. The van der Waals surface area contributed by atoms with Crippen molar-refractivity contribution in [2.75, 3.05) is 29.5 Å². The second-order valence-electron chi connectivity index (χ2n) is 4.17. The maximum absolute atomic E-state index is 12.7. The van der Waals surface area contributed by atoms with Crippen LogP contribution in [0, 0.1) is 11.3 Å². The topological polar surface area (TPSA) is 44.1 Å². The van der Waals surface area contributed by atoms with E-state index in [1.165, 1.54) is 12.1 Å². The van der Waals surface area contributed by atoms with Crippen molar-refractivity contribution in [2.24, 2.45) is 0 Å². The molecule has 0 aliphatic carbocycles. The van der Waals surface area contributed by atoms with Crippen LogP contribution in [0.1, 0.15) is 11.1 Å². The number of rotatable bonds is 1. The molecule has 1 aliphatic heterocycles. The van der Waals surface area contributed by atoms with Gasteiger partial charge in [-0.1, -0.05) is 0 Å². The summed E-state index contributed by atoms with van der Waals surface area (Å²) in [6.07, 6.45) is -4.52. The molecule has 0 radical (unpaired) electrons. The van der Waals surface area contributed by atoms with E-state index in [0.717, 1.165) is 6.07 Å². The van der Waals surface area contributed by atoms with Gasteiger partial charge in [-0.15, -0.1) is 0 Å². The molecular weight excluding hydrogens is 277 g/mol. The highest BCUT2D eigenvalue weighted by atomic mass is 32.2. The zero-order chi connectivity index (χ0) is 14.0. The fourth-order valence-corrected chi connectivity index (χ4v) is 3.02. The van der Waals surface area contributed by atoms with E-state index in [-0.39, 0.29) is 5.56 Å². The number of hydrogen-bond acceptors (Lipinski definition) is 3. The minimum Gasteiger partial charge on any atom is -0.370 e. The molecule has 0 unspecified atom stereocenters. The van der Waals surface area contributed by atoms with Crippen LogP contribution in [0.15, 0.2) is 18.2 Å². The van der Waals surface area contributed by atoms with Crippen LogP contribution >= 0.6 is 0 Å². The van der Waals surface area contributed by atoms with E-state index < -0.39 is 22.5 Å². The molecule has 0 amide bonds. The first-order chi connectivity index (χ1) is 8.91. The van der Waals surface area contributed by atoms with Crippen molar-refractivity contribution < 1.29 is 17.4 Å². The van der Waals surface area contributed by atoms with Gasteiger partial charge in [0.15, 0.2) is 0 Å². The van der Waals surface area contributed by atoms with Crippen molar-refractivity contribution in [3.05, 3.63) is 29.3 Å². The Labute approximate surface area is 111 Å². The molecule has 19 heavy (non-hydrogen) atoms. The predicted octanol–water partition coefficient (Wildman–Crippen LogP) is 2.15. The van der Waals surface area contributed by atoms with Crippen LogP contribution in [-0.4, -0.2) is 28.8 Å². The predicted molar refractivity (Wildman–Crippen MR) is 66.2 cm³/mol. The van der Waals surface area contributed by atoms with Crippen LogP contribution in [0.5, 0.6) is 0 Å². The zero-order valence-corrected chi connectivity index (χ0v) is 10.7. The van der Waals surface area contributed by atoms with E-state index in [9.17, 15) is 17.4 Å². The summed E-state index contributed by atoms with van der Waals surface area (Å²) in [5.41, 5.74) is -0.725. The highest BCUT2D eigenvalue weighted by Gasteiger charge is 2.33. The first kappa shape index (κ1) is 13.9. The van der Waals surface area contributed by atoms with Gasteiger partial charge >= 0.3 is 6.18 Å². The summed E-state index contributed by atoms with van der Waals surface area (Å²) in [5.74, 6) is 1.01. The Balaban J connectivity index is 2.30. The lowest BCUT2D eigenvalue weighted by Gasteiger charge is -2.28. The Bertz CT molecular complexity index is 541. The Morgan fingerprint density at radius 1 is 1.26 bits per heavy atom. The maximum atomic E-state index is 12.7. The monoisotopic (exact) mass is 288 g/mol. The molecule has 0 atom stereocenters.